The zero-order chi connectivity index (χ0) is 22.3. The van der Waals surface area contributed by atoms with Gasteiger partial charge in [-0.1, -0.05) is 42.5 Å². The Balaban J connectivity index is 1.56. The van der Waals surface area contributed by atoms with E-state index < -0.39 is 0 Å². The van der Waals surface area contributed by atoms with Gasteiger partial charge in [0, 0.05) is 6.54 Å². The Labute approximate surface area is 185 Å². The van der Waals surface area contributed by atoms with E-state index in [1.165, 1.54) is 16.8 Å². The Morgan fingerprint density at radius 1 is 1.00 bits per heavy atom. The second kappa shape index (κ2) is 9.78. The summed E-state index contributed by atoms with van der Waals surface area (Å²) in [7, 11) is 1.59. The smallest absolute Gasteiger partial charge is 0.275 e. The second-order valence-corrected chi connectivity index (χ2v) is 7.07. The zero-order valence-electron chi connectivity index (χ0n) is 17.5. The Bertz CT molecular complexity index is 1190. The maximum atomic E-state index is 13.3. The molecule has 0 spiro atoms. The van der Waals surface area contributed by atoms with Crippen molar-refractivity contribution in [2.45, 2.75) is 13.2 Å². The van der Waals surface area contributed by atoms with Crippen LogP contribution in [0.2, 0.25) is 0 Å². The number of halogens is 1. The number of hydrogen-bond donors (Lipinski definition) is 1. The molecule has 4 aromatic rings. The van der Waals surface area contributed by atoms with Gasteiger partial charge >= 0.3 is 0 Å². The number of nitrogens with one attached hydrogen (secondary N) is 1. The van der Waals surface area contributed by atoms with Gasteiger partial charge in [-0.05, 0) is 47.5 Å². The van der Waals surface area contributed by atoms with Crippen molar-refractivity contribution in [3.63, 3.8) is 0 Å². The van der Waals surface area contributed by atoms with Crippen molar-refractivity contribution < 1.29 is 18.7 Å². The van der Waals surface area contributed by atoms with Crippen LogP contribution in [-0.4, -0.2) is 22.8 Å². The Kier molecular flexibility index (Phi) is 6.46. The maximum Gasteiger partial charge on any atom is 0.275 e. The highest BCUT2D eigenvalue weighted by Crippen LogP contribution is 2.22. The van der Waals surface area contributed by atoms with Crippen LogP contribution in [0.15, 0.2) is 85.1 Å². The summed E-state index contributed by atoms with van der Waals surface area (Å²) in [5.74, 6) is 0.319. The largest absolute Gasteiger partial charge is 0.497 e. The van der Waals surface area contributed by atoms with Gasteiger partial charge in [-0.25, -0.2) is 9.07 Å². The summed E-state index contributed by atoms with van der Waals surface area (Å²) >= 11 is 0. The van der Waals surface area contributed by atoms with Gasteiger partial charge in [0.15, 0.2) is 11.4 Å². The van der Waals surface area contributed by atoms with Gasteiger partial charge in [0.05, 0.1) is 19.0 Å². The molecule has 1 aromatic heterocycles. The third-order valence-corrected chi connectivity index (χ3v) is 4.81. The molecule has 0 atom stereocenters. The molecule has 0 saturated carbocycles. The van der Waals surface area contributed by atoms with E-state index in [0.717, 1.165) is 11.1 Å². The normalized spacial score (nSPS) is 10.6. The van der Waals surface area contributed by atoms with E-state index in [1.807, 2.05) is 54.6 Å². The Hall–Kier alpha value is -4.13. The zero-order valence-corrected chi connectivity index (χ0v) is 17.5. The van der Waals surface area contributed by atoms with Crippen molar-refractivity contribution in [1.82, 2.24) is 15.1 Å². The summed E-state index contributed by atoms with van der Waals surface area (Å²) in [6, 6.07) is 22.9. The van der Waals surface area contributed by atoms with Crippen molar-refractivity contribution in [2.75, 3.05) is 7.11 Å². The predicted molar refractivity (Wildman–Crippen MR) is 118 cm³/mol. The van der Waals surface area contributed by atoms with E-state index >= 15 is 0 Å². The Morgan fingerprint density at radius 3 is 2.50 bits per heavy atom. The van der Waals surface area contributed by atoms with Crippen molar-refractivity contribution in [3.8, 4) is 17.2 Å². The van der Waals surface area contributed by atoms with Crippen LogP contribution in [0.1, 0.15) is 21.6 Å². The van der Waals surface area contributed by atoms with Gasteiger partial charge < -0.3 is 14.8 Å². The lowest BCUT2D eigenvalue weighted by atomic mass is 10.2. The van der Waals surface area contributed by atoms with Crippen LogP contribution >= 0.6 is 0 Å². The molecule has 1 N–H and O–H groups in total. The van der Waals surface area contributed by atoms with Crippen LogP contribution in [0.5, 0.6) is 11.5 Å². The number of rotatable bonds is 8. The number of nitrogens with zero attached hydrogens (tertiary/aromatic N) is 2. The topological polar surface area (TPSA) is 65.4 Å². The molecular weight excluding hydrogens is 409 g/mol. The van der Waals surface area contributed by atoms with E-state index in [2.05, 4.69) is 10.4 Å². The highest BCUT2D eigenvalue weighted by atomic mass is 19.1. The first kappa shape index (κ1) is 21.1. The van der Waals surface area contributed by atoms with Gasteiger partial charge in [0.2, 0.25) is 0 Å². The molecule has 4 rings (SSSR count). The van der Waals surface area contributed by atoms with Gasteiger partial charge in [-0.2, -0.15) is 5.10 Å². The number of amides is 1. The summed E-state index contributed by atoms with van der Waals surface area (Å²) in [5.41, 5.74) is 2.61. The SMILES string of the molecule is COc1cccc(CNC(=O)c2nn(-c3ccc(F)cc3)cc2OCc2ccccc2)c1. The van der Waals surface area contributed by atoms with E-state index in [9.17, 15) is 9.18 Å². The fourth-order valence-corrected chi connectivity index (χ4v) is 3.13. The number of methoxy groups -OCH3 is 1. The summed E-state index contributed by atoms with van der Waals surface area (Å²) in [6.45, 7) is 0.587. The van der Waals surface area contributed by atoms with Crippen molar-refractivity contribution in [1.29, 1.82) is 0 Å². The number of carbonyl (C=O) groups excluding carboxylic acids is 1. The molecule has 0 unspecified atom stereocenters. The first-order valence-electron chi connectivity index (χ1n) is 10.1. The minimum atomic E-state index is -0.378. The molecule has 162 valence electrons. The molecule has 32 heavy (non-hydrogen) atoms. The number of hydrogen-bond acceptors (Lipinski definition) is 4. The third-order valence-electron chi connectivity index (χ3n) is 4.81. The molecular formula is C25H22FN3O3. The monoisotopic (exact) mass is 431 g/mol. The molecule has 0 aliphatic rings. The second-order valence-electron chi connectivity index (χ2n) is 7.07. The highest BCUT2D eigenvalue weighted by Gasteiger charge is 2.19. The molecule has 0 bridgehead atoms. The van der Waals surface area contributed by atoms with Crippen LogP contribution in [0.3, 0.4) is 0 Å². The molecule has 0 radical (unpaired) electrons. The number of ether oxygens (including phenoxy) is 2. The van der Waals surface area contributed by atoms with E-state index in [4.69, 9.17) is 9.47 Å². The lowest BCUT2D eigenvalue weighted by Crippen LogP contribution is -2.24. The molecule has 1 amide bonds. The van der Waals surface area contributed by atoms with Crippen molar-refractivity contribution in [3.05, 3.63) is 108 Å². The quantitative estimate of drug-likeness (QED) is 0.445. The van der Waals surface area contributed by atoms with Gasteiger partial charge in [-0.15, -0.1) is 0 Å². The number of aromatic nitrogens is 2. The fraction of sp³-hybridized carbons (Fsp3) is 0.120. The summed E-state index contributed by atoms with van der Waals surface area (Å²) in [4.78, 5) is 12.9. The first-order valence-corrected chi connectivity index (χ1v) is 10.1. The molecule has 7 heteroatoms. The molecule has 0 fully saturated rings. The average molecular weight is 431 g/mol. The van der Waals surface area contributed by atoms with E-state index in [1.54, 1.807) is 25.4 Å². The van der Waals surface area contributed by atoms with Crippen molar-refractivity contribution in [2.24, 2.45) is 0 Å². The van der Waals surface area contributed by atoms with Gasteiger partial charge in [0.25, 0.3) is 5.91 Å². The van der Waals surface area contributed by atoms with Crippen LogP contribution in [0.4, 0.5) is 4.39 Å². The van der Waals surface area contributed by atoms with Gasteiger partial charge in [-0.3, -0.25) is 4.79 Å². The van der Waals surface area contributed by atoms with Crippen LogP contribution < -0.4 is 14.8 Å². The molecule has 6 nitrogen and oxygen atoms in total. The lowest BCUT2D eigenvalue weighted by Gasteiger charge is -2.08. The third kappa shape index (κ3) is 5.13. The molecule has 0 aliphatic heterocycles. The van der Waals surface area contributed by atoms with Crippen molar-refractivity contribution >= 4 is 5.91 Å². The minimum Gasteiger partial charge on any atom is -0.497 e. The van der Waals surface area contributed by atoms with Gasteiger partial charge in [0.1, 0.15) is 18.2 Å². The molecule has 0 saturated heterocycles. The van der Waals surface area contributed by atoms with Crippen LogP contribution in [-0.2, 0) is 13.2 Å². The maximum absolute atomic E-state index is 13.3. The molecule has 1 heterocycles. The summed E-state index contributed by atoms with van der Waals surface area (Å²) < 4.78 is 26.0. The highest BCUT2D eigenvalue weighted by molar-refractivity contribution is 5.94. The number of benzene rings is 3. The summed E-state index contributed by atoms with van der Waals surface area (Å²) in [6.07, 6.45) is 1.62. The van der Waals surface area contributed by atoms with Crippen LogP contribution in [0, 0.1) is 5.82 Å². The number of carbonyl (C=O) groups is 1. The molecule has 3 aromatic carbocycles. The predicted octanol–water partition coefficient (Wildman–Crippen LogP) is 4.53. The Morgan fingerprint density at radius 2 is 1.75 bits per heavy atom. The molecule has 0 aliphatic carbocycles. The minimum absolute atomic E-state index is 0.146. The summed E-state index contributed by atoms with van der Waals surface area (Å²) in [5, 5.41) is 7.27. The first-order chi connectivity index (χ1) is 15.6. The van der Waals surface area contributed by atoms with E-state index in [0.29, 0.717) is 23.7 Å². The van der Waals surface area contributed by atoms with Crippen LogP contribution in [0.25, 0.3) is 5.69 Å². The fourth-order valence-electron chi connectivity index (χ4n) is 3.13. The lowest BCUT2D eigenvalue weighted by molar-refractivity contribution is 0.0941. The standard InChI is InChI=1S/C25H22FN3O3/c1-31-22-9-5-8-19(14-22)15-27-25(30)24-23(32-17-18-6-3-2-4-7-18)16-29(28-24)21-12-10-20(26)11-13-21/h2-14,16H,15,17H2,1H3,(H,27,30). The van der Waals surface area contributed by atoms with E-state index in [-0.39, 0.29) is 24.0 Å². The average Bonchev–Trinajstić information content (AvgIpc) is 3.27.